The van der Waals surface area contributed by atoms with Crippen molar-refractivity contribution < 1.29 is 4.79 Å². The van der Waals surface area contributed by atoms with Crippen molar-refractivity contribution >= 4 is 33.3 Å². The van der Waals surface area contributed by atoms with Crippen molar-refractivity contribution in [1.82, 2.24) is 19.4 Å². The highest BCUT2D eigenvalue weighted by Crippen LogP contribution is 2.29. The summed E-state index contributed by atoms with van der Waals surface area (Å²) in [4.78, 5) is 36.2. The number of para-hydroxylation sites is 1. The van der Waals surface area contributed by atoms with Crippen LogP contribution in [-0.2, 0) is 13.0 Å². The molecule has 2 aliphatic heterocycles. The second-order valence-corrected chi connectivity index (χ2v) is 9.01. The molecule has 2 aromatic heterocycles. The van der Waals surface area contributed by atoms with Gasteiger partial charge in [0.2, 0.25) is 0 Å². The molecule has 6 nitrogen and oxygen atoms in total. The fraction of sp³-hybridized carbons (Fsp3) is 0.296. The first-order valence-corrected chi connectivity index (χ1v) is 11.8. The molecule has 6 heteroatoms. The highest BCUT2D eigenvalue weighted by Gasteiger charge is 2.22. The number of carbonyl (C=O) groups is 1. The molecular formula is C27H26N4O2. The van der Waals surface area contributed by atoms with Crippen molar-refractivity contribution in [2.75, 3.05) is 13.1 Å². The van der Waals surface area contributed by atoms with Crippen LogP contribution in [0.15, 0.2) is 59.5 Å². The quantitative estimate of drug-likeness (QED) is 0.500. The van der Waals surface area contributed by atoms with Crippen LogP contribution in [0.3, 0.4) is 0 Å². The summed E-state index contributed by atoms with van der Waals surface area (Å²) < 4.78 is 1.82. The summed E-state index contributed by atoms with van der Waals surface area (Å²) in [6.45, 7) is 1.98. The van der Waals surface area contributed by atoms with E-state index in [1.165, 1.54) is 16.5 Å². The van der Waals surface area contributed by atoms with Gasteiger partial charge in [0.25, 0.3) is 11.5 Å². The fourth-order valence-corrected chi connectivity index (χ4v) is 5.17. The number of aromatic amines is 1. The molecule has 0 fully saturated rings. The number of benzene rings is 2. The SMILES string of the molecule is O=C(c1ccc2c(=O)n3c(nc2c1)CCCCC3)N1CC=C(c2c[nH]c3ccccc23)CC1. The Bertz CT molecular complexity index is 1480. The molecule has 2 aromatic carbocycles. The molecule has 33 heavy (non-hydrogen) atoms. The topological polar surface area (TPSA) is 71.0 Å². The second-order valence-electron chi connectivity index (χ2n) is 9.01. The van der Waals surface area contributed by atoms with Crippen molar-refractivity contribution in [3.63, 3.8) is 0 Å². The summed E-state index contributed by atoms with van der Waals surface area (Å²) in [5.41, 5.74) is 4.86. The second kappa shape index (κ2) is 8.03. The molecule has 0 spiro atoms. The van der Waals surface area contributed by atoms with Gasteiger partial charge in [-0.3, -0.25) is 14.2 Å². The Kier molecular flexibility index (Phi) is 4.86. The first-order valence-electron chi connectivity index (χ1n) is 11.8. The number of hydrogen-bond donors (Lipinski definition) is 1. The number of nitrogens with one attached hydrogen (secondary N) is 1. The summed E-state index contributed by atoms with van der Waals surface area (Å²) in [6.07, 6.45) is 9.03. The zero-order valence-electron chi connectivity index (χ0n) is 18.5. The smallest absolute Gasteiger partial charge is 0.261 e. The van der Waals surface area contributed by atoms with Gasteiger partial charge >= 0.3 is 0 Å². The Morgan fingerprint density at radius 3 is 2.76 bits per heavy atom. The van der Waals surface area contributed by atoms with E-state index in [0.29, 0.717) is 29.6 Å². The Hall–Kier alpha value is -3.67. The number of carbonyl (C=O) groups excluding carboxylic acids is 1. The molecule has 166 valence electrons. The average molecular weight is 439 g/mol. The van der Waals surface area contributed by atoms with Crippen LogP contribution in [-0.4, -0.2) is 38.4 Å². The van der Waals surface area contributed by atoms with E-state index in [-0.39, 0.29) is 11.5 Å². The van der Waals surface area contributed by atoms with Gasteiger partial charge in [-0.2, -0.15) is 0 Å². The van der Waals surface area contributed by atoms with Gasteiger partial charge in [0, 0.05) is 54.3 Å². The molecule has 0 bridgehead atoms. The summed E-state index contributed by atoms with van der Waals surface area (Å²) in [6, 6.07) is 13.6. The molecule has 1 amide bonds. The van der Waals surface area contributed by atoms with E-state index in [1.807, 2.05) is 15.5 Å². The normalized spacial score (nSPS) is 16.5. The summed E-state index contributed by atoms with van der Waals surface area (Å²) in [5.74, 6) is 0.835. The van der Waals surface area contributed by atoms with Crippen LogP contribution in [0.25, 0.3) is 27.4 Å². The van der Waals surface area contributed by atoms with E-state index < -0.39 is 0 Å². The van der Waals surface area contributed by atoms with Gasteiger partial charge in [0.15, 0.2) is 0 Å². The zero-order chi connectivity index (χ0) is 22.4. The number of rotatable bonds is 2. The summed E-state index contributed by atoms with van der Waals surface area (Å²) in [5, 5.41) is 1.81. The van der Waals surface area contributed by atoms with Gasteiger partial charge in [-0.15, -0.1) is 0 Å². The summed E-state index contributed by atoms with van der Waals surface area (Å²) >= 11 is 0. The van der Waals surface area contributed by atoms with Crippen molar-refractivity contribution in [2.45, 2.75) is 38.6 Å². The average Bonchev–Trinajstić information content (AvgIpc) is 3.14. The van der Waals surface area contributed by atoms with Crippen LogP contribution in [0.2, 0.25) is 0 Å². The van der Waals surface area contributed by atoms with Gasteiger partial charge in [0.1, 0.15) is 5.82 Å². The molecule has 1 N–H and O–H groups in total. The number of H-pyrrole nitrogens is 1. The van der Waals surface area contributed by atoms with E-state index in [2.05, 4.69) is 35.5 Å². The molecule has 4 heterocycles. The third kappa shape index (κ3) is 3.46. The minimum absolute atomic E-state index is 0.0111. The third-order valence-corrected chi connectivity index (χ3v) is 6.99. The lowest BCUT2D eigenvalue weighted by Crippen LogP contribution is -2.34. The lowest BCUT2D eigenvalue weighted by Gasteiger charge is -2.26. The third-order valence-electron chi connectivity index (χ3n) is 6.99. The van der Waals surface area contributed by atoms with Crippen LogP contribution in [0.5, 0.6) is 0 Å². The Morgan fingerprint density at radius 2 is 1.88 bits per heavy atom. The van der Waals surface area contributed by atoms with Crippen LogP contribution in [0.4, 0.5) is 0 Å². The number of nitrogens with zero attached hydrogens (tertiary/aromatic N) is 3. The first kappa shape index (κ1) is 20.0. The molecular weight excluding hydrogens is 412 g/mol. The number of aryl methyl sites for hydroxylation is 1. The van der Waals surface area contributed by atoms with Gasteiger partial charge in [-0.05, 0) is 49.1 Å². The highest BCUT2D eigenvalue weighted by atomic mass is 16.2. The van der Waals surface area contributed by atoms with Crippen molar-refractivity contribution in [1.29, 1.82) is 0 Å². The summed E-state index contributed by atoms with van der Waals surface area (Å²) in [7, 11) is 0. The number of hydrogen-bond acceptors (Lipinski definition) is 3. The van der Waals surface area contributed by atoms with Gasteiger partial charge in [-0.1, -0.05) is 30.7 Å². The predicted molar refractivity (Wildman–Crippen MR) is 130 cm³/mol. The molecule has 0 saturated carbocycles. The Labute approximate surface area is 191 Å². The Balaban J connectivity index is 1.27. The number of fused-ring (bicyclic) bond motifs is 3. The van der Waals surface area contributed by atoms with Gasteiger partial charge in [-0.25, -0.2) is 4.98 Å². The fourth-order valence-electron chi connectivity index (χ4n) is 5.17. The molecule has 0 aliphatic carbocycles. The van der Waals surface area contributed by atoms with E-state index in [9.17, 15) is 9.59 Å². The van der Waals surface area contributed by atoms with Crippen molar-refractivity contribution in [2.24, 2.45) is 0 Å². The minimum Gasteiger partial charge on any atom is -0.361 e. The molecule has 2 aliphatic rings. The molecule has 0 atom stereocenters. The number of amides is 1. The van der Waals surface area contributed by atoms with Gasteiger partial charge < -0.3 is 9.88 Å². The molecule has 0 saturated heterocycles. The monoisotopic (exact) mass is 438 g/mol. The maximum absolute atomic E-state index is 13.3. The molecule has 6 rings (SSSR count). The van der Waals surface area contributed by atoms with Crippen LogP contribution in [0, 0.1) is 0 Å². The predicted octanol–water partition coefficient (Wildman–Crippen LogP) is 4.53. The van der Waals surface area contributed by atoms with Crippen molar-refractivity contribution in [3.8, 4) is 0 Å². The van der Waals surface area contributed by atoms with E-state index in [1.54, 1.807) is 18.2 Å². The lowest BCUT2D eigenvalue weighted by molar-refractivity contribution is 0.0773. The lowest BCUT2D eigenvalue weighted by atomic mass is 9.98. The number of aromatic nitrogens is 3. The van der Waals surface area contributed by atoms with Gasteiger partial charge in [0.05, 0.1) is 10.9 Å². The van der Waals surface area contributed by atoms with Crippen LogP contribution >= 0.6 is 0 Å². The van der Waals surface area contributed by atoms with E-state index in [4.69, 9.17) is 4.98 Å². The first-order chi connectivity index (χ1) is 16.2. The molecule has 0 unspecified atom stereocenters. The zero-order valence-corrected chi connectivity index (χ0v) is 18.5. The highest BCUT2D eigenvalue weighted by molar-refractivity contribution is 5.98. The van der Waals surface area contributed by atoms with Crippen LogP contribution < -0.4 is 5.56 Å². The van der Waals surface area contributed by atoms with Crippen molar-refractivity contribution in [3.05, 3.63) is 82.0 Å². The standard InChI is InChI=1S/C27H26N4O2/c32-26(30-14-11-18(12-15-30)22-17-28-23-7-4-3-6-20(22)23)19-9-10-21-24(16-19)29-25-8-2-1-5-13-31(25)27(21)33/h3-4,6-7,9-11,16-17,28H,1-2,5,8,12-15H2. The molecule has 4 aromatic rings. The Morgan fingerprint density at radius 1 is 0.970 bits per heavy atom. The largest absolute Gasteiger partial charge is 0.361 e. The van der Waals surface area contributed by atoms with Crippen LogP contribution in [0.1, 0.15) is 47.4 Å². The minimum atomic E-state index is -0.0111. The maximum Gasteiger partial charge on any atom is 0.261 e. The van der Waals surface area contributed by atoms with E-state index >= 15 is 0 Å². The maximum atomic E-state index is 13.3. The molecule has 0 radical (unpaired) electrons. The van der Waals surface area contributed by atoms with E-state index in [0.717, 1.165) is 50.0 Å².